The number of hydrogen-bond donors (Lipinski definition) is 1. The van der Waals surface area contributed by atoms with Gasteiger partial charge in [0.15, 0.2) is 0 Å². The molecule has 3 aliphatic heterocycles. The van der Waals surface area contributed by atoms with E-state index >= 15 is 0 Å². The Morgan fingerprint density at radius 1 is 1.07 bits per heavy atom. The molecule has 2 atom stereocenters. The van der Waals surface area contributed by atoms with Crippen LogP contribution in [0.4, 0.5) is 14.6 Å². The molecule has 1 aromatic heterocycles. The van der Waals surface area contributed by atoms with Gasteiger partial charge in [0.25, 0.3) is 0 Å². The van der Waals surface area contributed by atoms with Gasteiger partial charge in [0.05, 0.1) is 16.6 Å². The third-order valence-electron chi connectivity index (χ3n) is 9.82. The number of benzene rings is 3. The van der Waals surface area contributed by atoms with Gasteiger partial charge in [0.2, 0.25) is 0 Å². The smallest absolute Gasteiger partial charge is 0.319 e. The largest absolute Gasteiger partial charge is 0.508 e. The molecule has 0 spiro atoms. The molecule has 1 N–H and O–H groups in total. The number of anilines is 1. The fourth-order valence-electron chi connectivity index (χ4n) is 7.58. The van der Waals surface area contributed by atoms with Gasteiger partial charge in [-0.15, -0.1) is 6.42 Å². The molecule has 3 aromatic carbocycles. The average molecular weight is 598 g/mol. The van der Waals surface area contributed by atoms with E-state index in [1.807, 2.05) is 19.1 Å². The van der Waals surface area contributed by atoms with E-state index in [9.17, 15) is 13.9 Å². The average Bonchev–Trinajstić information content (AvgIpc) is 3.44. The van der Waals surface area contributed by atoms with Crippen molar-refractivity contribution in [2.45, 2.75) is 44.3 Å². The molecule has 0 bridgehead atoms. The first-order chi connectivity index (χ1) is 21.3. The number of aromatic hydroxyl groups is 1. The lowest BCUT2D eigenvalue weighted by molar-refractivity contribution is 0.107. The Kier molecular flexibility index (Phi) is 7.30. The van der Waals surface area contributed by atoms with E-state index in [2.05, 4.69) is 27.7 Å². The zero-order valence-corrected chi connectivity index (χ0v) is 25.2. The van der Waals surface area contributed by atoms with Gasteiger partial charge in [-0.25, -0.2) is 8.78 Å². The van der Waals surface area contributed by atoms with Gasteiger partial charge in [-0.3, -0.25) is 4.90 Å². The lowest BCUT2D eigenvalue weighted by Crippen LogP contribution is -2.43. The van der Waals surface area contributed by atoms with Gasteiger partial charge in [-0.05, 0) is 92.7 Å². The quantitative estimate of drug-likeness (QED) is 0.297. The van der Waals surface area contributed by atoms with E-state index in [-0.39, 0.29) is 22.9 Å². The van der Waals surface area contributed by atoms with Crippen molar-refractivity contribution in [3.05, 3.63) is 53.3 Å². The zero-order chi connectivity index (χ0) is 30.6. The molecule has 228 valence electrons. The number of likely N-dealkylation sites (N-methyl/N-ethyl adjacent to an activating group) is 1. The van der Waals surface area contributed by atoms with Crippen LogP contribution in [0.1, 0.15) is 36.8 Å². The number of fused-ring (bicyclic) bond motifs is 3. The monoisotopic (exact) mass is 597 g/mol. The number of phenols is 1. The predicted molar refractivity (Wildman–Crippen MR) is 170 cm³/mol. The third-order valence-corrected chi connectivity index (χ3v) is 9.82. The minimum atomic E-state index is -0.847. The molecule has 0 amide bonds. The number of terminal acetylenes is 1. The van der Waals surface area contributed by atoms with Crippen molar-refractivity contribution in [3.8, 4) is 35.2 Å². The van der Waals surface area contributed by atoms with Gasteiger partial charge in [0.1, 0.15) is 30.2 Å². The summed E-state index contributed by atoms with van der Waals surface area (Å²) >= 11 is 0. The lowest BCUT2D eigenvalue weighted by Gasteiger charge is -2.31. The molecule has 44 heavy (non-hydrogen) atoms. The molecular weight excluding hydrogens is 560 g/mol. The Morgan fingerprint density at radius 2 is 1.93 bits per heavy atom. The Morgan fingerprint density at radius 3 is 2.77 bits per heavy atom. The van der Waals surface area contributed by atoms with Crippen LogP contribution in [-0.2, 0) is 0 Å². The Bertz CT molecular complexity index is 1810. The van der Waals surface area contributed by atoms with Crippen LogP contribution in [0.2, 0.25) is 0 Å². The van der Waals surface area contributed by atoms with Gasteiger partial charge >= 0.3 is 6.01 Å². The number of alkyl halides is 1. The van der Waals surface area contributed by atoms with Crippen LogP contribution in [-0.4, -0.2) is 89.5 Å². The highest BCUT2D eigenvalue weighted by Gasteiger charge is 2.49. The van der Waals surface area contributed by atoms with E-state index in [0.29, 0.717) is 41.4 Å². The number of rotatable bonds is 5. The molecule has 3 saturated heterocycles. The van der Waals surface area contributed by atoms with Gasteiger partial charge < -0.3 is 19.6 Å². The van der Waals surface area contributed by atoms with Crippen LogP contribution >= 0.6 is 0 Å². The maximum atomic E-state index is 14.9. The van der Waals surface area contributed by atoms with Gasteiger partial charge in [0, 0.05) is 43.4 Å². The van der Waals surface area contributed by atoms with Crippen LogP contribution in [0.25, 0.3) is 32.8 Å². The highest BCUT2D eigenvalue weighted by molar-refractivity contribution is 6.05. The van der Waals surface area contributed by atoms with E-state index in [4.69, 9.17) is 21.1 Å². The summed E-state index contributed by atoms with van der Waals surface area (Å²) in [6.45, 7) is 7.22. The highest BCUT2D eigenvalue weighted by atomic mass is 19.1. The number of nitrogens with zero attached hydrogens (tertiary/aromatic N) is 5. The molecule has 7 rings (SSSR count). The van der Waals surface area contributed by atoms with Gasteiger partial charge in [-0.2, -0.15) is 9.97 Å². The number of hydrogen-bond acceptors (Lipinski definition) is 7. The summed E-state index contributed by atoms with van der Waals surface area (Å²) in [4.78, 5) is 16.8. The molecule has 7 nitrogen and oxygen atoms in total. The maximum Gasteiger partial charge on any atom is 0.319 e. The van der Waals surface area contributed by atoms with E-state index in [0.717, 1.165) is 74.3 Å². The molecule has 0 aliphatic carbocycles. The summed E-state index contributed by atoms with van der Waals surface area (Å²) in [6, 6.07) is 10.4. The predicted octanol–water partition coefficient (Wildman–Crippen LogP) is 5.68. The van der Waals surface area contributed by atoms with E-state index in [1.165, 1.54) is 6.07 Å². The topological polar surface area (TPSA) is 65.0 Å². The van der Waals surface area contributed by atoms with Crippen LogP contribution in [0.15, 0.2) is 36.4 Å². The minimum absolute atomic E-state index is 0.0609. The third kappa shape index (κ3) is 4.90. The van der Waals surface area contributed by atoms with Crippen molar-refractivity contribution in [1.29, 1.82) is 0 Å². The lowest BCUT2D eigenvalue weighted by atomic mass is 9.91. The first-order valence-corrected chi connectivity index (χ1v) is 15.5. The fourth-order valence-corrected chi connectivity index (χ4v) is 7.58. The first-order valence-electron chi connectivity index (χ1n) is 15.5. The van der Waals surface area contributed by atoms with E-state index in [1.54, 1.807) is 18.2 Å². The molecule has 3 fully saturated rings. The summed E-state index contributed by atoms with van der Waals surface area (Å²) < 4.78 is 35.8. The second-order valence-corrected chi connectivity index (χ2v) is 12.6. The van der Waals surface area contributed by atoms with Crippen LogP contribution < -0.4 is 9.64 Å². The summed E-state index contributed by atoms with van der Waals surface area (Å²) in [5, 5.41) is 12.8. The molecular formula is C35H37F2N5O2. The summed E-state index contributed by atoms with van der Waals surface area (Å²) in [6.07, 6.45) is 8.33. The summed E-state index contributed by atoms with van der Waals surface area (Å²) in [7, 11) is 2.13. The van der Waals surface area contributed by atoms with Crippen LogP contribution in [0, 0.1) is 25.1 Å². The number of ether oxygens (including phenoxy) is 1. The van der Waals surface area contributed by atoms with Gasteiger partial charge in [-0.1, -0.05) is 18.1 Å². The van der Waals surface area contributed by atoms with Crippen molar-refractivity contribution >= 4 is 27.5 Å². The molecule has 9 heteroatoms. The second kappa shape index (κ2) is 11.2. The van der Waals surface area contributed by atoms with Crippen LogP contribution in [0.3, 0.4) is 0 Å². The number of aromatic nitrogens is 2. The summed E-state index contributed by atoms with van der Waals surface area (Å²) in [5.74, 6) is 2.90. The molecule has 3 aliphatic rings. The molecule has 4 heterocycles. The van der Waals surface area contributed by atoms with E-state index < -0.39 is 12.0 Å². The normalized spacial score (nSPS) is 22.8. The van der Waals surface area contributed by atoms with Crippen molar-refractivity contribution in [2.75, 3.05) is 57.8 Å². The second-order valence-electron chi connectivity index (χ2n) is 12.6. The van der Waals surface area contributed by atoms with Crippen molar-refractivity contribution in [2.24, 2.45) is 0 Å². The maximum absolute atomic E-state index is 14.9. The fraction of sp³-hybridized carbons (Fsp3) is 0.429. The SMILES string of the molecule is C#Cc1c(F)ccc2cc(O)cc(-c3ccc4c(N5CCCN(C)CC5)nc(OCC56CCCN5CC(F)C6)nc4c3C)c12. The zero-order valence-electron chi connectivity index (χ0n) is 25.2. The van der Waals surface area contributed by atoms with Crippen molar-refractivity contribution < 1.29 is 18.6 Å². The number of phenolic OH excluding ortho intramolecular Hbond substituents is 1. The molecule has 2 unspecified atom stereocenters. The Balaban J connectivity index is 1.38. The summed E-state index contributed by atoms with van der Waals surface area (Å²) in [5.41, 5.74) is 2.80. The molecule has 4 aromatic rings. The Hall–Kier alpha value is -4.00. The molecule has 0 saturated carbocycles. The minimum Gasteiger partial charge on any atom is -0.508 e. The number of halogens is 2. The van der Waals surface area contributed by atoms with Crippen LogP contribution in [0.5, 0.6) is 11.8 Å². The van der Waals surface area contributed by atoms with Crippen molar-refractivity contribution in [3.63, 3.8) is 0 Å². The Labute approximate surface area is 256 Å². The molecule has 0 radical (unpaired) electrons. The standard InChI is InChI=1S/C35H37F2N5O2/c1-4-26-30(37)10-7-23-17-25(43)18-29(31(23)26)27-8-9-28-32(22(27)2)38-34(39-33(28)41-13-6-12-40(3)15-16-41)44-21-35-11-5-14-42(35)20-24(36)19-35/h1,7-10,17-18,24,43H,5-6,11-16,19-21H2,2-3H3. The first kappa shape index (κ1) is 28.8. The van der Waals surface area contributed by atoms with Crippen molar-refractivity contribution in [1.82, 2.24) is 19.8 Å². The highest BCUT2D eigenvalue weighted by Crippen LogP contribution is 2.42. The number of aryl methyl sites for hydroxylation is 1.